The Morgan fingerprint density at radius 3 is 2.18 bits per heavy atom. The Hall–Kier alpha value is -3.63. The predicted molar refractivity (Wildman–Crippen MR) is 188 cm³/mol. The van der Waals surface area contributed by atoms with Crippen molar-refractivity contribution in [2.45, 2.75) is 53.4 Å². The van der Waals surface area contributed by atoms with Crippen molar-refractivity contribution in [3.8, 4) is 21.7 Å². The van der Waals surface area contributed by atoms with Crippen LogP contribution >= 0.6 is 11.3 Å². The van der Waals surface area contributed by atoms with E-state index in [-0.39, 0.29) is 43.5 Å². The molecule has 0 atom stereocenters. The number of nitrogens with zero attached hydrogens (tertiary/aromatic N) is 1. The van der Waals surface area contributed by atoms with Gasteiger partial charge in [-0.25, -0.2) is 0 Å². The maximum Gasteiger partial charge on any atom is 0.162 e. The monoisotopic (exact) mass is 791 g/mol. The summed E-state index contributed by atoms with van der Waals surface area (Å²) in [4.78, 5) is 17.7. The fourth-order valence-electron chi connectivity index (χ4n) is 5.76. The zero-order valence-electron chi connectivity index (χ0n) is 26.3. The summed E-state index contributed by atoms with van der Waals surface area (Å²) < 4.78 is 1.21. The maximum absolute atomic E-state index is 11.7. The average Bonchev–Trinajstić information content (AvgIpc) is 3.51. The first-order valence-electron chi connectivity index (χ1n) is 15.7. The third-order valence-corrected chi connectivity index (χ3v) is 9.71. The van der Waals surface area contributed by atoms with Crippen LogP contribution in [0.5, 0.6) is 0 Å². The van der Waals surface area contributed by atoms with E-state index in [1.807, 2.05) is 33.9 Å². The van der Waals surface area contributed by atoms with Crippen molar-refractivity contribution >= 4 is 48.8 Å². The minimum Gasteiger partial charge on any atom is -0.512 e. The Morgan fingerprint density at radius 1 is 0.800 bits per heavy atom. The molecule has 3 nitrogen and oxygen atoms in total. The number of aliphatic hydroxyl groups excluding tert-OH is 1. The largest absolute Gasteiger partial charge is 0.512 e. The van der Waals surface area contributed by atoms with Gasteiger partial charge < -0.3 is 10.1 Å². The second-order valence-corrected chi connectivity index (χ2v) is 12.2. The molecule has 4 aromatic carbocycles. The van der Waals surface area contributed by atoms with Gasteiger partial charge in [-0.15, -0.1) is 40.5 Å². The smallest absolute Gasteiger partial charge is 0.162 e. The van der Waals surface area contributed by atoms with Crippen LogP contribution in [0.4, 0.5) is 0 Å². The van der Waals surface area contributed by atoms with E-state index >= 15 is 0 Å². The van der Waals surface area contributed by atoms with Crippen LogP contribution in [0.15, 0.2) is 109 Å². The van der Waals surface area contributed by atoms with E-state index in [4.69, 9.17) is 4.98 Å². The molecule has 2 aromatic heterocycles. The van der Waals surface area contributed by atoms with Gasteiger partial charge in [0.05, 0.1) is 5.76 Å². The molecule has 233 valence electrons. The van der Waals surface area contributed by atoms with Crippen molar-refractivity contribution in [2.75, 3.05) is 0 Å². The van der Waals surface area contributed by atoms with Crippen LogP contribution in [-0.4, -0.2) is 15.9 Å². The Kier molecular flexibility index (Phi) is 12.2. The minimum atomic E-state index is 0. The summed E-state index contributed by atoms with van der Waals surface area (Å²) >= 11 is 1.80. The molecule has 0 saturated carbocycles. The number of carbonyl (C=O) groups excluding carboxylic acids is 1. The maximum atomic E-state index is 11.7. The quantitative estimate of drug-likeness (QED) is 0.0687. The topological polar surface area (TPSA) is 50.2 Å². The molecule has 0 spiro atoms. The molecule has 0 bridgehead atoms. The van der Waals surface area contributed by atoms with Crippen LogP contribution < -0.4 is 0 Å². The van der Waals surface area contributed by atoms with Crippen LogP contribution in [0, 0.1) is 17.9 Å². The normalized spacial score (nSPS) is 11.6. The van der Waals surface area contributed by atoms with Crippen molar-refractivity contribution in [3.05, 3.63) is 115 Å². The van der Waals surface area contributed by atoms with E-state index in [2.05, 4.69) is 97.1 Å². The van der Waals surface area contributed by atoms with Crippen molar-refractivity contribution in [3.63, 3.8) is 0 Å². The first kappa shape index (κ1) is 34.2. The van der Waals surface area contributed by atoms with Gasteiger partial charge in [0.15, 0.2) is 5.78 Å². The van der Waals surface area contributed by atoms with E-state index in [9.17, 15) is 9.90 Å². The van der Waals surface area contributed by atoms with Crippen molar-refractivity contribution < 1.29 is 30.0 Å². The molecular weight excluding hydrogens is 751 g/mol. The van der Waals surface area contributed by atoms with Crippen LogP contribution in [0.3, 0.4) is 0 Å². The Balaban J connectivity index is 0.000000249. The van der Waals surface area contributed by atoms with Crippen LogP contribution in [0.25, 0.3) is 53.3 Å². The SMILES string of the molecule is CCC(CC)C(=O)/C=C(\O)C(CC)CC.[Ir].[c-]1cc2c(ccc3ccccc32)cc1-c1nccc2cc(-c3ccccc3)sc12. The Bertz CT molecular complexity index is 1900. The van der Waals surface area contributed by atoms with Gasteiger partial charge in [-0.2, -0.15) is 0 Å². The first-order chi connectivity index (χ1) is 21.5. The molecule has 0 unspecified atom stereocenters. The number of benzene rings is 4. The van der Waals surface area contributed by atoms with Crippen LogP contribution in [0.2, 0.25) is 0 Å². The number of aromatic nitrogens is 1. The summed E-state index contributed by atoms with van der Waals surface area (Å²) in [6.07, 6.45) is 6.81. The molecule has 1 N–H and O–H groups in total. The van der Waals surface area contributed by atoms with Gasteiger partial charge in [0.2, 0.25) is 0 Å². The third-order valence-electron chi connectivity index (χ3n) is 8.51. The van der Waals surface area contributed by atoms with E-state index in [1.54, 1.807) is 11.3 Å². The number of rotatable bonds is 9. The van der Waals surface area contributed by atoms with E-state index in [1.165, 1.54) is 48.1 Å². The average molecular weight is 791 g/mol. The van der Waals surface area contributed by atoms with Gasteiger partial charge in [0, 0.05) is 59.5 Å². The first-order valence-corrected chi connectivity index (χ1v) is 16.5. The molecule has 1 radical (unpaired) electrons. The molecule has 2 heterocycles. The van der Waals surface area contributed by atoms with Crippen molar-refractivity contribution in [2.24, 2.45) is 11.8 Å². The fourth-order valence-corrected chi connectivity index (χ4v) is 6.93. The molecule has 0 saturated heterocycles. The molecule has 5 heteroatoms. The van der Waals surface area contributed by atoms with Gasteiger partial charge in [-0.1, -0.05) is 105 Å². The summed E-state index contributed by atoms with van der Waals surface area (Å²) in [5.41, 5.74) is 3.29. The summed E-state index contributed by atoms with van der Waals surface area (Å²) in [7, 11) is 0. The predicted octanol–water partition coefficient (Wildman–Crippen LogP) is 11.6. The number of pyridine rings is 1. The van der Waals surface area contributed by atoms with Gasteiger partial charge in [0.25, 0.3) is 0 Å². The van der Waals surface area contributed by atoms with Gasteiger partial charge in [-0.05, 0) is 54.2 Å². The number of fused-ring (bicyclic) bond motifs is 4. The van der Waals surface area contributed by atoms with E-state index in [0.29, 0.717) is 0 Å². The molecule has 6 aromatic rings. The summed E-state index contributed by atoms with van der Waals surface area (Å²) in [6.45, 7) is 8.07. The Labute approximate surface area is 284 Å². The number of hydrogen-bond acceptors (Lipinski definition) is 4. The van der Waals surface area contributed by atoms with Gasteiger partial charge in [-0.3, -0.25) is 4.79 Å². The van der Waals surface area contributed by atoms with Crippen LogP contribution in [0.1, 0.15) is 53.4 Å². The van der Waals surface area contributed by atoms with E-state index in [0.717, 1.165) is 36.9 Å². The summed E-state index contributed by atoms with van der Waals surface area (Å²) in [5.74, 6) is 0.547. The van der Waals surface area contributed by atoms with Crippen molar-refractivity contribution in [1.29, 1.82) is 0 Å². The fraction of sp³-hybridized carbons (Fsp3) is 0.250. The zero-order chi connectivity index (χ0) is 31.1. The number of thiophene rings is 1. The molecule has 0 amide bonds. The zero-order valence-corrected chi connectivity index (χ0v) is 29.6. The number of carbonyl (C=O) groups is 1. The second-order valence-electron chi connectivity index (χ2n) is 11.2. The molecule has 0 fully saturated rings. The summed E-state index contributed by atoms with van der Waals surface area (Å²) in [6, 6.07) is 35.6. The second kappa shape index (κ2) is 16.1. The Morgan fingerprint density at radius 2 is 1.47 bits per heavy atom. The summed E-state index contributed by atoms with van der Waals surface area (Å²) in [5, 5.41) is 16.0. The molecule has 45 heavy (non-hydrogen) atoms. The van der Waals surface area contributed by atoms with Crippen LogP contribution in [-0.2, 0) is 24.9 Å². The number of ketones is 1. The van der Waals surface area contributed by atoms with Gasteiger partial charge in [0.1, 0.15) is 0 Å². The van der Waals surface area contributed by atoms with E-state index < -0.39 is 0 Å². The standard InChI is InChI=1S/C27H16NS.C13H24O2.Ir/c1-2-7-19(8-3-1)25-17-22-14-15-28-26(27(22)29-25)21-12-13-24-20(16-21)11-10-18-6-4-5-9-23(18)24;1-5-10(6-2)12(14)9-13(15)11(7-3)8-4;/h1-11,13-17H;9-11,14H,5-8H2,1-4H3;/q-1;;/b;12-9-;. The minimum absolute atomic E-state index is 0. The molecule has 6 rings (SSSR count). The van der Waals surface area contributed by atoms with Gasteiger partial charge >= 0.3 is 0 Å². The number of aliphatic hydroxyl groups is 1. The molecular formula is C40H40IrNO2S-. The number of hydrogen-bond donors (Lipinski definition) is 1. The van der Waals surface area contributed by atoms with Crippen molar-refractivity contribution in [1.82, 2.24) is 4.98 Å². The molecule has 0 aliphatic heterocycles. The molecule has 0 aliphatic rings. The number of allylic oxidation sites excluding steroid dienone is 2. The molecule has 0 aliphatic carbocycles. The third kappa shape index (κ3) is 7.79.